The molecule has 4 aromatic rings. The number of thiazole rings is 1. The minimum Gasteiger partial charge on any atom is -0.361 e. The summed E-state index contributed by atoms with van der Waals surface area (Å²) in [5, 5.41) is 4.68. The molecule has 2 aromatic carbocycles. The molecule has 0 fully saturated rings. The van der Waals surface area contributed by atoms with Crippen molar-refractivity contribution in [1.82, 2.24) is 9.97 Å². The summed E-state index contributed by atoms with van der Waals surface area (Å²) >= 11 is 1.51. The maximum absolute atomic E-state index is 12.5. The van der Waals surface area contributed by atoms with E-state index in [4.69, 9.17) is 0 Å². The van der Waals surface area contributed by atoms with Crippen LogP contribution in [0.25, 0.3) is 22.2 Å². The Kier molecular flexibility index (Phi) is 4.54. The number of anilines is 1. The summed E-state index contributed by atoms with van der Waals surface area (Å²) in [6.07, 6.45) is 2.22. The first-order chi connectivity index (χ1) is 13.0. The lowest BCUT2D eigenvalue weighted by atomic mass is 10.0. The van der Waals surface area contributed by atoms with E-state index in [0.717, 1.165) is 32.6 Å². The van der Waals surface area contributed by atoms with Crippen LogP contribution in [0.3, 0.4) is 0 Å². The molecule has 0 radical (unpaired) electrons. The average molecular weight is 375 g/mol. The minimum atomic E-state index is -0.0554. The first-order valence-electron chi connectivity index (χ1n) is 8.91. The molecular weight excluding hydrogens is 354 g/mol. The highest BCUT2D eigenvalue weighted by atomic mass is 32.1. The summed E-state index contributed by atoms with van der Waals surface area (Å²) in [7, 11) is 0. The number of nitrogens with one attached hydrogen (secondary N) is 2. The number of carbonyl (C=O) groups is 1. The highest BCUT2D eigenvalue weighted by molar-refractivity contribution is 7.16. The Hall–Kier alpha value is -2.92. The van der Waals surface area contributed by atoms with E-state index in [9.17, 15) is 4.79 Å². The summed E-state index contributed by atoms with van der Waals surface area (Å²) < 4.78 is 0. The van der Waals surface area contributed by atoms with Crippen molar-refractivity contribution in [3.8, 4) is 11.3 Å². The van der Waals surface area contributed by atoms with Crippen LogP contribution in [-0.2, 0) is 11.2 Å². The van der Waals surface area contributed by atoms with Crippen LogP contribution in [0.1, 0.15) is 21.6 Å². The predicted molar refractivity (Wildman–Crippen MR) is 112 cm³/mol. The monoisotopic (exact) mass is 375 g/mol. The fourth-order valence-corrected chi connectivity index (χ4v) is 4.07. The first kappa shape index (κ1) is 17.5. The van der Waals surface area contributed by atoms with E-state index in [0.29, 0.717) is 11.6 Å². The number of aromatic amines is 1. The topological polar surface area (TPSA) is 57.8 Å². The molecule has 0 aliphatic rings. The van der Waals surface area contributed by atoms with E-state index >= 15 is 0 Å². The molecule has 5 heteroatoms. The van der Waals surface area contributed by atoms with Crippen LogP contribution in [0.15, 0.2) is 48.7 Å². The third-order valence-electron chi connectivity index (χ3n) is 4.85. The lowest BCUT2D eigenvalue weighted by Gasteiger charge is -2.04. The Morgan fingerprint density at radius 2 is 1.93 bits per heavy atom. The molecule has 27 heavy (non-hydrogen) atoms. The quantitative estimate of drug-likeness (QED) is 0.502. The number of fused-ring (bicyclic) bond motifs is 1. The van der Waals surface area contributed by atoms with Crippen molar-refractivity contribution in [1.29, 1.82) is 0 Å². The van der Waals surface area contributed by atoms with Crippen molar-refractivity contribution in [2.24, 2.45) is 0 Å². The number of hydrogen-bond donors (Lipinski definition) is 2. The summed E-state index contributed by atoms with van der Waals surface area (Å²) in [5.74, 6) is -0.0554. The second kappa shape index (κ2) is 7.00. The average Bonchev–Trinajstić information content (AvgIpc) is 3.21. The van der Waals surface area contributed by atoms with Gasteiger partial charge in [0.1, 0.15) is 0 Å². The zero-order valence-electron chi connectivity index (χ0n) is 15.6. The standard InChI is InChI=1S/C22H21N3OS/c1-13-8-9-16(10-14(13)2)21-15(3)27-22(25-21)24-20(26)11-17-12-23-19-7-5-4-6-18(17)19/h4-10,12,23H,11H2,1-3H3,(H,24,25,26). The van der Waals surface area contributed by atoms with Gasteiger partial charge in [0.05, 0.1) is 12.1 Å². The maximum atomic E-state index is 12.5. The van der Waals surface area contributed by atoms with Crippen molar-refractivity contribution in [3.05, 3.63) is 70.2 Å². The zero-order valence-corrected chi connectivity index (χ0v) is 16.4. The van der Waals surface area contributed by atoms with Crippen molar-refractivity contribution in [2.75, 3.05) is 5.32 Å². The Bertz CT molecular complexity index is 1140. The van der Waals surface area contributed by atoms with Gasteiger partial charge < -0.3 is 10.3 Å². The SMILES string of the molecule is Cc1ccc(-c2nc(NC(=O)Cc3c[nH]c4ccccc34)sc2C)cc1C. The Morgan fingerprint density at radius 1 is 1.11 bits per heavy atom. The molecular formula is C22H21N3OS. The highest BCUT2D eigenvalue weighted by Gasteiger charge is 2.14. The number of hydrogen-bond acceptors (Lipinski definition) is 3. The number of aromatic nitrogens is 2. The minimum absolute atomic E-state index is 0.0554. The first-order valence-corrected chi connectivity index (χ1v) is 9.73. The second-order valence-corrected chi connectivity index (χ2v) is 8.01. The number of aryl methyl sites for hydroxylation is 3. The Balaban J connectivity index is 1.53. The molecule has 0 spiro atoms. The van der Waals surface area contributed by atoms with Gasteiger partial charge in [0.2, 0.25) is 5.91 Å². The molecule has 136 valence electrons. The summed E-state index contributed by atoms with van der Waals surface area (Å²) in [6.45, 7) is 6.24. The van der Waals surface area contributed by atoms with Gasteiger partial charge in [0.25, 0.3) is 0 Å². The number of para-hydroxylation sites is 1. The van der Waals surface area contributed by atoms with Gasteiger partial charge in [-0.3, -0.25) is 4.79 Å². The lowest BCUT2D eigenvalue weighted by molar-refractivity contribution is -0.115. The number of nitrogens with zero attached hydrogens (tertiary/aromatic N) is 1. The van der Waals surface area contributed by atoms with Crippen molar-refractivity contribution >= 4 is 33.3 Å². The van der Waals surface area contributed by atoms with Crippen LogP contribution in [-0.4, -0.2) is 15.9 Å². The smallest absolute Gasteiger partial charge is 0.230 e. The molecule has 4 nitrogen and oxygen atoms in total. The van der Waals surface area contributed by atoms with Crippen molar-refractivity contribution in [2.45, 2.75) is 27.2 Å². The number of benzene rings is 2. The van der Waals surface area contributed by atoms with Gasteiger partial charge in [0, 0.05) is 27.5 Å². The molecule has 0 atom stereocenters. The Labute approximate surface area is 162 Å². The van der Waals surface area contributed by atoms with Gasteiger partial charge in [-0.05, 0) is 49.6 Å². The molecule has 0 bridgehead atoms. The normalized spacial score (nSPS) is 11.1. The largest absolute Gasteiger partial charge is 0.361 e. The van der Waals surface area contributed by atoms with E-state index in [-0.39, 0.29) is 5.91 Å². The zero-order chi connectivity index (χ0) is 19.0. The van der Waals surface area contributed by atoms with E-state index in [1.54, 1.807) is 0 Å². The third kappa shape index (κ3) is 3.51. The van der Waals surface area contributed by atoms with Crippen LogP contribution < -0.4 is 5.32 Å². The molecule has 2 aromatic heterocycles. The molecule has 4 rings (SSSR count). The Morgan fingerprint density at radius 3 is 2.74 bits per heavy atom. The molecule has 0 unspecified atom stereocenters. The van der Waals surface area contributed by atoms with Crippen LogP contribution in [0, 0.1) is 20.8 Å². The summed E-state index contributed by atoms with van der Waals surface area (Å²) in [4.78, 5) is 21.5. The molecule has 1 amide bonds. The van der Waals surface area contributed by atoms with E-state index in [2.05, 4.69) is 47.3 Å². The van der Waals surface area contributed by atoms with Crippen LogP contribution in [0.4, 0.5) is 5.13 Å². The van der Waals surface area contributed by atoms with Crippen LogP contribution >= 0.6 is 11.3 Å². The van der Waals surface area contributed by atoms with Gasteiger partial charge in [0.15, 0.2) is 5.13 Å². The number of carbonyl (C=O) groups excluding carboxylic acids is 1. The van der Waals surface area contributed by atoms with Crippen molar-refractivity contribution in [3.63, 3.8) is 0 Å². The number of H-pyrrole nitrogens is 1. The van der Waals surface area contributed by atoms with Crippen LogP contribution in [0.5, 0.6) is 0 Å². The van der Waals surface area contributed by atoms with E-state index < -0.39 is 0 Å². The van der Waals surface area contributed by atoms with Crippen LogP contribution in [0.2, 0.25) is 0 Å². The fourth-order valence-electron chi connectivity index (χ4n) is 3.22. The summed E-state index contributed by atoms with van der Waals surface area (Å²) in [6, 6.07) is 14.3. The lowest BCUT2D eigenvalue weighted by Crippen LogP contribution is -2.14. The highest BCUT2D eigenvalue weighted by Crippen LogP contribution is 2.31. The van der Waals surface area contributed by atoms with E-state index in [1.165, 1.54) is 22.5 Å². The molecule has 2 heterocycles. The number of amides is 1. The van der Waals surface area contributed by atoms with Gasteiger partial charge >= 0.3 is 0 Å². The van der Waals surface area contributed by atoms with Gasteiger partial charge in [-0.15, -0.1) is 11.3 Å². The third-order valence-corrected chi connectivity index (χ3v) is 5.74. The predicted octanol–water partition coefficient (Wildman–Crippen LogP) is 5.40. The molecule has 0 aliphatic heterocycles. The van der Waals surface area contributed by atoms with Gasteiger partial charge in [-0.25, -0.2) is 4.98 Å². The molecule has 0 saturated heterocycles. The number of rotatable bonds is 4. The maximum Gasteiger partial charge on any atom is 0.230 e. The fraction of sp³-hybridized carbons (Fsp3) is 0.182. The van der Waals surface area contributed by atoms with Gasteiger partial charge in [-0.1, -0.05) is 30.3 Å². The van der Waals surface area contributed by atoms with Crippen molar-refractivity contribution < 1.29 is 4.79 Å². The second-order valence-electron chi connectivity index (χ2n) is 6.81. The van der Waals surface area contributed by atoms with E-state index in [1.807, 2.05) is 37.4 Å². The molecule has 0 aliphatic carbocycles. The molecule has 0 saturated carbocycles. The van der Waals surface area contributed by atoms with Gasteiger partial charge in [-0.2, -0.15) is 0 Å². The summed E-state index contributed by atoms with van der Waals surface area (Å²) in [5.41, 5.74) is 6.56. The molecule has 2 N–H and O–H groups in total.